The molecule has 0 saturated carbocycles. The number of halogens is 3. The van der Waals surface area contributed by atoms with Crippen molar-refractivity contribution in [2.75, 3.05) is 6.61 Å². The predicted octanol–water partition coefficient (Wildman–Crippen LogP) is 2.08. The van der Waals surface area contributed by atoms with Gasteiger partial charge in [-0.2, -0.15) is 18.4 Å². The van der Waals surface area contributed by atoms with Crippen molar-refractivity contribution in [3.05, 3.63) is 29.1 Å². The lowest BCUT2D eigenvalue weighted by molar-refractivity contribution is -0.142. The Bertz CT molecular complexity index is 492. The molecule has 0 radical (unpaired) electrons. The largest absolute Gasteiger partial charge is 0.466 e. The topological polar surface area (TPSA) is 63.0 Å². The molecule has 1 rings (SSSR count). The molecule has 0 atom stereocenters. The molecule has 1 aromatic rings. The van der Waals surface area contributed by atoms with Crippen LogP contribution in [0.3, 0.4) is 0 Å². The number of ether oxygens (including phenoxy) is 1. The summed E-state index contributed by atoms with van der Waals surface area (Å²) in [6.45, 7) is 1.77. The van der Waals surface area contributed by atoms with Gasteiger partial charge in [-0.1, -0.05) is 0 Å². The van der Waals surface area contributed by atoms with E-state index >= 15 is 0 Å². The number of nitrogens with zero attached hydrogens (tertiary/aromatic N) is 2. The van der Waals surface area contributed by atoms with Gasteiger partial charge < -0.3 is 4.74 Å². The van der Waals surface area contributed by atoms with Crippen molar-refractivity contribution in [2.45, 2.75) is 19.5 Å². The molecule has 0 aliphatic heterocycles. The van der Waals surface area contributed by atoms with Crippen LogP contribution in [0.25, 0.3) is 0 Å². The highest BCUT2D eigenvalue weighted by atomic mass is 19.4. The summed E-state index contributed by atoms with van der Waals surface area (Å²) in [6, 6.07) is 2.23. The van der Waals surface area contributed by atoms with Gasteiger partial charge in [0.2, 0.25) is 0 Å². The molecule has 0 unspecified atom stereocenters. The highest BCUT2D eigenvalue weighted by Gasteiger charge is 2.33. The van der Waals surface area contributed by atoms with Gasteiger partial charge in [0.05, 0.1) is 24.7 Å². The normalized spacial score (nSPS) is 10.8. The van der Waals surface area contributed by atoms with Gasteiger partial charge in [0, 0.05) is 6.20 Å². The SMILES string of the molecule is CCOC(=O)Cc1cnc(C(F)(F)F)cc1C#N. The van der Waals surface area contributed by atoms with Crippen molar-refractivity contribution in [1.29, 1.82) is 5.26 Å². The van der Waals surface area contributed by atoms with E-state index in [1.807, 2.05) is 0 Å². The van der Waals surface area contributed by atoms with Crippen LogP contribution in [0.4, 0.5) is 13.2 Å². The van der Waals surface area contributed by atoms with Crippen LogP contribution >= 0.6 is 0 Å². The van der Waals surface area contributed by atoms with Crippen LogP contribution in [-0.4, -0.2) is 17.6 Å². The minimum Gasteiger partial charge on any atom is -0.466 e. The van der Waals surface area contributed by atoms with Crippen LogP contribution in [0, 0.1) is 11.3 Å². The van der Waals surface area contributed by atoms with E-state index in [4.69, 9.17) is 5.26 Å². The minimum atomic E-state index is -4.62. The molecule has 1 aromatic heterocycles. The summed E-state index contributed by atoms with van der Waals surface area (Å²) in [5.74, 6) is -0.615. The third kappa shape index (κ3) is 3.45. The third-order valence-electron chi connectivity index (χ3n) is 2.04. The van der Waals surface area contributed by atoms with Crippen LogP contribution in [0.5, 0.6) is 0 Å². The Kier molecular flexibility index (Phi) is 4.26. The molecule has 0 amide bonds. The lowest BCUT2D eigenvalue weighted by Gasteiger charge is -2.08. The van der Waals surface area contributed by atoms with Gasteiger partial charge >= 0.3 is 12.1 Å². The molecule has 96 valence electrons. The van der Waals surface area contributed by atoms with Gasteiger partial charge in [-0.15, -0.1) is 0 Å². The van der Waals surface area contributed by atoms with Gasteiger partial charge in [0.25, 0.3) is 0 Å². The van der Waals surface area contributed by atoms with Gasteiger partial charge in [0.1, 0.15) is 5.69 Å². The Morgan fingerprint density at radius 1 is 1.56 bits per heavy atom. The molecule has 0 aromatic carbocycles. The number of rotatable bonds is 3. The van der Waals surface area contributed by atoms with Gasteiger partial charge in [0.15, 0.2) is 0 Å². The molecular formula is C11H9F3N2O2. The predicted molar refractivity (Wildman–Crippen MR) is 54.3 cm³/mol. The molecule has 0 fully saturated rings. The zero-order chi connectivity index (χ0) is 13.8. The Hall–Kier alpha value is -2.10. The molecule has 7 heteroatoms. The fraction of sp³-hybridized carbons (Fsp3) is 0.364. The summed E-state index contributed by atoms with van der Waals surface area (Å²) < 4.78 is 41.7. The van der Waals surface area contributed by atoms with Crippen molar-refractivity contribution in [3.63, 3.8) is 0 Å². The first-order chi connectivity index (χ1) is 8.38. The summed E-state index contributed by atoms with van der Waals surface area (Å²) in [7, 11) is 0. The Labute approximate surface area is 101 Å². The summed E-state index contributed by atoms with van der Waals surface area (Å²) in [5, 5.41) is 8.75. The Morgan fingerprint density at radius 3 is 2.72 bits per heavy atom. The second-order valence-corrected chi connectivity index (χ2v) is 3.32. The van der Waals surface area contributed by atoms with E-state index in [0.717, 1.165) is 6.20 Å². The summed E-state index contributed by atoms with van der Waals surface area (Å²) in [6.07, 6.45) is -4.02. The van der Waals surface area contributed by atoms with Crippen LogP contribution < -0.4 is 0 Å². The van der Waals surface area contributed by atoms with E-state index in [2.05, 4.69) is 9.72 Å². The zero-order valence-corrected chi connectivity index (χ0v) is 9.41. The lowest BCUT2D eigenvalue weighted by atomic mass is 10.1. The maximum absolute atomic E-state index is 12.4. The van der Waals surface area contributed by atoms with Crippen LogP contribution in [0.2, 0.25) is 0 Å². The van der Waals surface area contributed by atoms with E-state index in [9.17, 15) is 18.0 Å². The number of pyridine rings is 1. The fourth-order valence-corrected chi connectivity index (χ4v) is 1.25. The lowest BCUT2D eigenvalue weighted by Crippen LogP contribution is -2.12. The van der Waals surface area contributed by atoms with Crippen molar-refractivity contribution >= 4 is 5.97 Å². The molecule has 0 spiro atoms. The van der Waals surface area contributed by atoms with Crippen molar-refractivity contribution in [3.8, 4) is 6.07 Å². The molecule has 18 heavy (non-hydrogen) atoms. The molecule has 0 aliphatic rings. The number of nitriles is 1. The maximum atomic E-state index is 12.4. The molecular weight excluding hydrogens is 249 g/mol. The molecule has 0 N–H and O–H groups in total. The van der Waals surface area contributed by atoms with E-state index < -0.39 is 17.8 Å². The minimum absolute atomic E-state index is 0.115. The summed E-state index contributed by atoms with van der Waals surface area (Å²) in [4.78, 5) is 14.4. The average molecular weight is 258 g/mol. The highest BCUT2D eigenvalue weighted by molar-refractivity contribution is 5.73. The zero-order valence-electron chi connectivity index (χ0n) is 9.41. The standard InChI is InChI=1S/C11H9F3N2O2/c1-2-18-10(17)4-8-6-16-9(11(12,13)14)3-7(8)5-15/h3,6H,2,4H2,1H3. The van der Waals surface area contributed by atoms with E-state index in [1.54, 1.807) is 13.0 Å². The average Bonchev–Trinajstić information content (AvgIpc) is 2.28. The summed E-state index contributed by atoms with van der Waals surface area (Å²) in [5.41, 5.74) is -1.28. The molecule has 0 saturated heterocycles. The first-order valence-corrected chi connectivity index (χ1v) is 5.00. The van der Waals surface area contributed by atoms with Gasteiger partial charge in [-0.25, -0.2) is 0 Å². The molecule has 4 nitrogen and oxygen atoms in total. The number of hydrogen-bond donors (Lipinski definition) is 0. The number of carbonyl (C=O) groups excluding carboxylic acids is 1. The second kappa shape index (κ2) is 5.49. The second-order valence-electron chi connectivity index (χ2n) is 3.32. The first-order valence-electron chi connectivity index (χ1n) is 5.00. The number of carbonyl (C=O) groups is 1. The molecule has 1 heterocycles. The maximum Gasteiger partial charge on any atom is 0.433 e. The van der Waals surface area contributed by atoms with Crippen molar-refractivity contribution in [1.82, 2.24) is 4.98 Å². The van der Waals surface area contributed by atoms with Crippen LogP contribution in [0.1, 0.15) is 23.7 Å². The highest BCUT2D eigenvalue weighted by Crippen LogP contribution is 2.28. The quantitative estimate of drug-likeness (QED) is 0.778. The molecule has 0 bridgehead atoms. The summed E-state index contributed by atoms with van der Waals surface area (Å²) >= 11 is 0. The van der Waals surface area contributed by atoms with Crippen molar-refractivity contribution < 1.29 is 22.7 Å². The third-order valence-corrected chi connectivity index (χ3v) is 2.04. The van der Waals surface area contributed by atoms with Crippen molar-refractivity contribution in [2.24, 2.45) is 0 Å². The van der Waals surface area contributed by atoms with Crippen LogP contribution in [-0.2, 0) is 22.1 Å². The Morgan fingerprint density at radius 2 is 2.22 bits per heavy atom. The molecule has 0 aliphatic carbocycles. The number of alkyl halides is 3. The number of aromatic nitrogens is 1. The van der Waals surface area contributed by atoms with E-state index in [1.165, 1.54) is 0 Å². The number of hydrogen-bond acceptors (Lipinski definition) is 4. The van der Waals surface area contributed by atoms with Gasteiger partial charge in [-0.05, 0) is 18.6 Å². The van der Waals surface area contributed by atoms with E-state index in [0.29, 0.717) is 6.07 Å². The smallest absolute Gasteiger partial charge is 0.433 e. The fourth-order valence-electron chi connectivity index (χ4n) is 1.25. The van der Waals surface area contributed by atoms with Gasteiger partial charge in [-0.3, -0.25) is 9.78 Å². The Balaban J connectivity index is 3.02. The van der Waals surface area contributed by atoms with Crippen LogP contribution in [0.15, 0.2) is 12.3 Å². The number of esters is 1. The monoisotopic (exact) mass is 258 g/mol. The van der Waals surface area contributed by atoms with E-state index in [-0.39, 0.29) is 24.2 Å². The first kappa shape index (κ1) is 14.0.